The van der Waals surface area contributed by atoms with Crippen molar-refractivity contribution >= 4 is 11.7 Å². The van der Waals surface area contributed by atoms with E-state index in [2.05, 4.69) is 10.5 Å². The van der Waals surface area contributed by atoms with Crippen LogP contribution < -0.4 is 11.1 Å². The van der Waals surface area contributed by atoms with Crippen LogP contribution in [0.4, 0.5) is 0 Å². The summed E-state index contributed by atoms with van der Waals surface area (Å²) in [6.45, 7) is 1.28. The summed E-state index contributed by atoms with van der Waals surface area (Å²) in [4.78, 5) is 12.1. The van der Waals surface area contributed by atoms with E-state index in [0.717, 1.165) is 25.9 Å². The number of hydrogen-bond acceptors (Lipinski definition) is 4. The molecular formula is C11H19N3O3. The smallest absolute Gasteiger partial charge is 0.234 e. The Labute approximate surface area is 100 Å². The maximum absolute atomic E-state index is 12.1. The van der Waals surface area contributed by atoms with Gasteiger partial charge in [-0.3, -0.25) is 4.79 Å². The number of carbonyl (C=O) groups is 1. The Morgan fingerprint density at radius 3 is 2.76 bits per heavy atom. The fourth-order valence-electron chi connectivity index (χ4n) is 2.41. The van der Waals surface area contributed by atoms with Crippen LogP contribution in [0.1, 0.15) is 32.1 Å². The zero-order valence-electron chi connectivity index (χ0n) is 9.82. The van der Waals surface area contributed by atoms with Gasteiger partial charge in [0.1, 0.15) is 5.41 Å². The van der Waals surface area contributed by atoms with Crippen molar-refractivity contribution in [2.45, 2.75) is 38.2 Å². The van der Waals surface area contributed by atoms with E-state index in [-0.39, 0.29) is 17.8 Å². The van der Waals surface area contributed by atoms with Crippen LogP contribution in [-0.2, 0) is 9.53 Å². The Hall–Kier alpha value is -1.30. The van der Waals surface area contributed by atoms with E-state index in [4.69, 9.17) is 15.7 Å². The van der Waals surface area contributed by atoms with Crippen molar-refractivity contribution in [3.05, 3.63) is 0 Å². The molecule has 1 aliphatic heterocycles. The molecule has 1 heterocycles. The van der Waals surface area contributed by atoms with Crippen LogP contribution in [0.3, 0.4) is 0 Å². The number of carbonyl (C=O) groups excluding carboxylic acids is 1. The summed E-state index contributed by atoms with van der Waals surface area (Å²) in [7, 11) is 0. The molecule has 0 aromatic carbocycles. The van der Waals surface area contributed by atoms with Gasteiger partial charge >= 0.3 is 0 Å². The molecule has 17 heavy (non-hydrogen) atoms. The summed E-state index contributed by atoms with van der Waals surface area (Å²) in [6.07, 6.45) is 4.38. The Morgan fingerprint density at radius 2 is 2.29 bits per heavy atom. The van der Waals surface area contributed by atoms with Crippen LogP contribution in [-0.4, -0.2) is 36.2 Å². The van der Waals surface area contributed by atoms with Crippen molar-refractivity contribution < 1.29 is 14.7 Å². The highest BCUT2D eigenvalue weighted by molar-refractivity contribution is 6.07. The van der Waals surface area contributed by atoms with Gasteiger partial charge in [0.15, 0.2) is 5.84 Å². The van der Waals surface area contributed by atoms with Crippen LogP contribution in [0.15, 0.2) is 5.16 Å². The Balaban J connectivity index is 1.89. The van der Waals surface area contributed by atoms with Gasteiger partial charge in [0.05, 0.1) is 6.10 Å². The SMILES string of the molecule is NC(=NO)C1(C(=O)NCC2CCCO2)CCC1. The number of rotatable bonds is 4. The molecule has 2 aliphatic rings. The zero-order chi connectivity index (χ0) is 12.3. The van der Waals surface area contributed by atoms with Crippen molar-refractivity contribution in [2.75, 3.05) is 13.2 Å². The summed E-state index contributed by atoms with van der Waals surface area (Å²) in [6, 6.07) is 0. The van der Waals surface area contributed by atoms with Crippen molar-refractivity contribution in [3.8, 4) is 0 Å². The van der Waals surface area contributed by atoms with E-state index in [1.165, 1.54) is 0 Å². The predicted molar refractivity (Wildman–Crippen MR) is 61.7 cm³/mol. The number of amidine groups is 1. The van der Waals surface area contributed by atoms with Crippen LogP contribution >= 0.6 is 0 Å². The highest BCUT2D eigenvalue weighted by Crippen LogP contribution is 2.41. The maximum Gasteiger partial charge on any atom is 0.234 e. The van der Waals surface area contributed by atoms with Gasteiger partial charge < -0.3 is 21.0 Å². The van der Waals surface area contributed by atoms with E-state index >= 15 is 0 Å². The topological polar surface area (TPSA) is 96.9 Å². The summed E-state index contributed by atoms with van der Waals surface area (Å²) in [5.74, 6) is -0.122. The van der Waals surface area contributed by atoms with Gasteiger partial charge in [-0.2, -0.15) is 0 Å². The molecule has 96 valence electrons. The van der Waals surface area contributed by atoms with E-state index in [1.54, 1.807) is 0 Å². The van der Waals surface area contributed by atoms with E-state index < -0.39 is 5.41 Å². The minimum atomic E-state index is -0.784. The van der Waals surface area contributed by atoms with Gasteiger partial charge in [0.2, 0.25) is 5.91 Å². The highest BCUT2D eigenvalue weighted by Gasteiger charge is 2.48. The molecule has 1 saturated heterocycles. The number of amides is 1. The molecule has 1 aliphatic carbocycles. The first-order chi connectivity index (χ1) is 8.19. The van der Waals surface area contributed by atoms with E-state index in [0.29, 0.717) is 19.4 Å². The fraction of sp³-hybridized carbons (Fsp3) is 0.818. The molecule has 0 spiro atoms. The molecule has 0 aromatic heterocycles. The number of hydrogen-bond donors (Lipinski definition) is 3. The monoisotopic (exact) mass is 241 g/mol. The minimum absolute atomic E-state index is 0.0218. The average Bonchev–Trinajstić information content (AvgIpc) is 2.77. The molecule has 0 radical (unpaired) electrons. The third-order valence-electron chi connectivity index (χ3n) is 3.75. The molecule has 0 bridgehead atoms. The number of nitrogens with zero attached hydrogens (tertiary/aromatic N) is 1. The summed E-state index contributed by atoms with van der Waals surface area (Å²) >= 11 is 0. The van der Waals surface area contributed by atoms with Crippen LogP contribution in [0.2, 0.25) is 0 Å². The number of oxime groups is 1. The zero-order valence-corrected chi connectivity index (χ0v) is 9.82. The van der Waals surface area contributed by atoms with Gasteiger partial charge in [-0.05, 0) is 25.7 Å². The van der Waals surface area contributed by atoms with Gasteiger partial charge in [0.25, 0.3) is 0 Å². The first-order valence-corrected chi connectivity index (χ1v) is 6.07. The Morgan fingerprint density at radius 1 is 1.53 bits per heavy atom. The minimum Gasteiger partial charge on any atom is -0.409 e. The predicted octanol–water partition coefficient (Wildman–Crippen LogP) is 0.198. The first-order valence-electron chi connectivity index (χ1n) is 6.07. The second kappa shape index (κ2) is 4.91. The number of ether oxygens (including phenoxy) is 1. The Kier molecular flexibility index (Phi) is 3.51. The molecule has 1 amide bonds. The molecule has 1 saturated carbocycles. The van der Waals surface area contributed by atoms with Gasteiger partial charge in [-0.15, -0.1) is 0 Å². The van der Waals surface area contributed by atoms with Crippen molar-refractivity contribution in [1.29, 1.82) is 0 Å². The quantitative estimate of drug-likeness (QED) is 0.283. The molecule has 6 heteroatoms. The lowest BCUT2D eigenvalue weighted by Crippen LogP contribution is -2.54. The lowest BCUT2D eigenvalue weighted by Gasteiger charge is -2.38. The lowest BCUT2D eigenvalue weighted by molar-refractivity contribution is -0.131. The van der Waals surface area contributed by atoms with Crippen molar-refractivity contribution in [3.63, 3.8) is 0 Å². The molecule has 1 unspecified atom stereocenters. The van der Waals surface area contributed by atoms with E-state index in [1.807, 2.05) is 0 Å². The molecule has 2 fully saturated rings. The van der Waals surface area contributed by atoms with Crippen molar-refractivity contribution in [1.82, 2.24) is 5.32 Å². The molecule has 2 rings (SSSR count). The average molecular weight is 241 g/mol. The first kappa shape index (κ1) is 12.2. The third-order valence-corrected chi connectivity index (χ3v) is 3.75. The van der Waals surface area contributed by atoms with Gasteiger partial charge in [-0.25, -0.2) is 0 Å². The van der Waals surface area contributed by atoms with Crippen LogP contribution in [0.25, 0.3) is 0 Å². The fourth-order valence-corrected chi connectivity index (χ4v) is 2.41. The molecular weight excluding hydrogens is 222 g/mol. The second-order valence-corrected chi connectivity index (χ2v) is 4.77. The molecule has 1 atom stereocenters. The normalized spacial score (nSPS) is 27.5. The van der Waals surface area contributed by atoms with Crippen LogP contribution in [0.5, 0.6) is 0 Å². The molecule has 6 nitrogen and oxygen atoms in total. The Bertz CT molecular complexity index is 320. The van der Waals surface area contributed by atoms with Crippen LogP contribution in [0, 0.1) is 5.41 Å². The van der Waals surface area contributed by atoms with E-state index in [9.17, 15) is 4.79 Å². The summed E-state index contributed by atoms with van der Waals surface area (Å²) in [5.41, 5.74) is 4.82. The second-order valence-electron chi connectivity index (χ2n) is 4.77. The largest absolute Gasteiger partial charge is 0.409 e. The molecule has 4 N–H and O–H groups in total. The van der Waals surface area contributed by atoms with Gasteiger partial charge in [0, 0.05) is 13.2 Å². The lowest BCUT2D eigenvalue weighted by atomic mass is 9.67. The molecule has 0 aromatic rings. The number of nitrogens with two attached hydrogens (primary N) is 1. The summed E-state index contributed by atoms with van der Waals surface area (Å²) in [5, 5.41) is 14.6. The third kappa shape index (κ3) is 2.22. The summed E-state index contributed by atoms with van der Waals surface area (Å²) < 4.78 is 5.43. The van der Waals surface area contributed by atoms with Gasteiger partial charge in [-0.1, -0.05) is 11.6 Å². The number of nitrogens with one attached hydrogen (secondary N) is 1. The highest BCUT2D eigenvalue weighted by atomic mass is 16.5. The van der Waals surface area contributed by atoms with Crippen molar-refractivity contribution in [2.24, 2.45) is 16.3 Å². The standard InChI is InChI=1S/C11H19N3O3/c12-9(14-16)11(4-2-5-11)10(15)13-7-8-3-1-6-17-8/h8,16H,1-7H2,(H2,12,14)(H,13,15). The maximum atomic E-state index is 12.1.